The number of rotatable bonds is 6. The minimum atomic E-state index is -3.68. The van der Waals surface area contributed by atoms with E-state index in [2.05, 4.69) is 28.8 Å². The second kappa shape index (κ2) is 7.70. The van der Waals surface area contributed by atoms with E-state index in [1.165, 1.54) is 0 Å². The van der Waals surface area contributed by atoms with E-state index in [1.807, 2.05) is 0 Å². The van der Waals surface area contributed by atoms with Gasteiger partial charge in [0.25, 0.3) is 0 Å². The summed E-state index contributed by atoms with van der Waals surface area (Å²) >= 11 is -3.68. The second-order valence-corrected chi connectivity index (χ2v) is 4.91. The SMILES string of the molecule is C=CC(=O)[O][Sb]([O]C(=O)C=C)[O]C(=O)C=C. The molecule has 6 nitrogen and oxygen atoms in total. The molecule has 0 radical (unpaired) electrons. The van der Waals surface area contributed by atoms with Crippen molar-refractivity contribution in [1.29, 1.82) is 0 Å². The van der Waals surface area contributed by atoms with Gasteiger partial charge in [0.2, 0.25) is 0 Å². The minimum absolute atomic E-state index is 0.836. The zero-order chi connectivity index (χ0) is 12.6. The van der Waals surface area contributed by atoms with Crippen molar-refractivity contribution < 1.29 is 23.4 Å². The van der Waals surface area contributed by atoms with Crippen molar-refractivity contribution in [3.63, 3.8) is 0 Å². The first-order valence-corrected chi connectivity index (χ1v) is 6.99. The fourth-order valence-electron chi connectivity index (χ4n) is 0.388. The third-order valence-corrected chi connectivity index (χ3v) is 3.81. The summed E-state index contributed by atoms with van der Waals surface area (Å²) in [6, 6.07) is 0. The molecule has 16 heavy (non-hydrogen) atoms. The van der Waals surface area contributed by atoms with Gasteiger partial charge in [-0.3, -0.25) is 0 Å². The average molecular weight is 335 g/mol. The van der Waals surface area contributed by atoms with Gasteiger partial charge in [0.1, 0.15) is 0 Å². The van der Waals surface area contributed by atoms with E-state index in [9.17, 15) is 14.4 Å². The first kappa shape index (κ1) is 14.4. The standard InChI is InChI=1S/3C3H4O2.Sb/c3*1-2-3(4)5;/h3*2H,1H2,(H,4,5);/q;;;+3/p-3. The molecule has 0 aromatic heterocycles. The molecule has 0 aliphatic carbocycles. The molecule has 7 heteroatoms. The van der Waals surface area contributed by atoms with Gasteiger partial charge in [-0.1, -0.05) is 0 Å². The van der Waals surface area contributed by atoms with E-state index in [0.29, 0.717) is 0 Å². The first-order valence-electron chi connectivity index (χ1n) is 3.86. The van der Waals surface area contributed by atoms with Gasteiger partial charge in [0.15, 0.2) is 0 Å². The van der Waals surface area contributed by atoms with Crippen LogP contribution in [-0.2, 0) is 23.4 Å². The molecule has 0 unspecified atom stereocenters. The molecule has 86 valence electrons. The van der Waals surface area contributed by atoms with Gasteiger partial charge in [-0.05, 0) is 0 Å². The van der Waals surface area contributed by atoms with Crippen molar-refractivity contribution in [3.05, 3.63) is 38.0 Å². The van der Waals surface area contributed by atoms with Gasteiger partial charge in [-0.25, -0.2) is 0 Å². The van der Waals surface area contributed by atoms with Crippen molar-refractivity contribution in [2.75, 3.05) is 0 Å². The van der Waals surface area contributed by atoms with Gasteiger partial charge < -0.3 is 0 Å². The van der Waals surface area contributed by atoms with E-state index in [1.54, 1.807) is 0 Å². The molecule has 0 saturated carbocycles. The molecule has 0 aromatic rings. The van der Waals surface area contributed by atoms with Crippen molar-refractivity contribution in [3.8, 4) is 0 Å². The molecule has 0 N–H and O–H groups in total. The van der Waals surface area contributed by atoms with Crippen LogP contribution in [0.2, 0.25) is 0 Å². The topological polar surface area (TPSA) is 78.9 Å². The fraction of sp³-hybridized carbons (Fsp3) is 0. The molecule has 0 heterocycles. The Morgan fingerprint density at radius 2 is 1.00 bits per heavy atom. The van der Waals surface area contributed by atoms with Crippen LogP contribution in [0.1, 0.15) is 0 Å². The Morgan fingerprint density at radius 1 is 0.750 bits per heavy atom. The summed E-state index contributed by atoms with van der Waals surface area (Å²) in [6.45, 7) is 9.44. The monoisotopic (exact) mass is 334 g/mol. The molecule has 0 saturated heterocycles. The first-order chi connectivity index (χ1) is 7.53. The summed E-state index contributed by atoms with van der Waals surface area (Å²) < 4.78 is 13.8. The van der Waals surface area contributed by atoms with E-state index < -0.39 is 39.4 Å². The van der Waals surface area contributed by atoms with Crippen LogP contribution in [0.3, 0.4) is 0 Å². The van der Waals surface area contributed by atoms with Gasteiger partial charge in [0.05, 0.1) is 0 Å². The normalized spacial score (nSPS) is 8.81. The van der Waals surface area contributed by atoms with Crippen LogP contribution in [0.5, 0.6) is 0 Å². The molecule has 0 bridgehead atoms. The van der Waals surface area contributed by atoms with Crippen molar-refractivity contribution in [1.82, 2.24) is 0 Å². The predicted molar refractivity (Wildman–Crippen MR) is 54.6 cm³/mol. The van der Waals surface area contributed by atoms with E-state index in [0.717, 1.165) is 18.2 Å². The van der Waals surface area contributed by atoms with Crippen LogP contribution in [0.4, 0.5) is 0 Å². The Kier molecular flexibility index (Phi) is 6.96. The number of carbonyl (C=O) groups is 3. The molecular weight excluding hydrogens is 326 g/mol. The van der Waals surface area contributed by atoms with E-state index in [-0.39, 0.29) is 0 Å². The Bertz CT molecular complexity index is 283. The second-order valence-electron chi connectivity index (χ2n) is 2.07. The van der Waals surface area contributed by atoms with Gasteiger partial charge in [-0.2, -0.15) is 0 Å². The zero-order valence-corrected chi connectivity index (χ0v) is 10.8. The Labute approximate surface area is 101 Å². The molecule has 0 spiro atoms. The maximum atomic E-state index is 10.8. The summed E-state index contributed by atoms with van der Waals surface area (Å²) in [5.74, 6) is -2.51. The van der Waals surface area contributed by atoms with Gasteiger partial charge in [-0.15, -0.1) is 0 Å². The van der Waals surface area contributed by atoms with Crippen LogP contribution >= 0.6 is 0 Å². The van der Waals surface area contributed by atoms with Crippen molar-refractivity contribution in [2.24, 2.45) is 0 Å². The molecule has 0 aromatic carbocycles. The van der Waals surface area contributed by atoms with Crippen molar-refractivity contribution >= 4 is 39.4 Å². The predicted octanol–water partition coefficient (Wildman–Crippen LogP) is 0.159. The van der Waals surface area contributed by atoms with E-state index in [4.69, 9.17) is 0 Å². The summed E-state index contributed by atoms with van der Waals surface area (Å²) in [7, 11) is 0. The third-order valence-electron chi connectivity index (χ3n) is 0.994. The number of carbonyl (C=O) groups excluding carboxylic acids is 3. The Balaban J connectivity index is 4.48. The molecule has 0 aliphatic heterocycles. The summed E-state index contributed by atoms with van der Waals surface area (Å²) in [5.41, 5.74) is 0. The zero-order valence-electron chi connectivity index (χ0n) is 8.25. The van der Waals surface area contributed by atoms with Crippen LogP contribution < -0.4 is 0 Å². The Morgan fingerprint density at radius 3 is 1.19 bits per heavy atom. The summed E-state index contributed by atoms with van der Waals surface area (Å²) in [6.07, 6.45) is 2.59. The molecule has 0 rings (SSSR count). The molecular formula is C9H9O6Sb. The van der Waals surface area contributed by atoms with Crippen LogP contribution in [0, 0.1) is 0 Å². The number of hydrogen-bond acceptors (Lipinski definition) is 6. The van der Waals surface area contributed by atoms with E-state index >= 15 is 0 Å². The van der Waals surface area contributed by atoms with Crippen LogP contribution in [0.15, 0.2) is 38.0 Å². The Hall–Kier alpha value is -1.55. The van der Waals surface area contributed by atoms with Crippen LogP contribution in [-0.4, -0.2) is 39.4 Å². The fourth-order valence-corrected chi connectivity index (χ4v) is 2.60. The van der Waals surface area contributed by atoms with Crippen molar-refractivity contribution in [2.45, 2.75) is 0 Å². The third kappa shape index (κ3) is 6.03. The molecule has 0 fully saturated rings. The van der Waals surface area contributed by atoms with Gasteiger partial charge >= 0.3 is 101 Å². The molecule has 0 amide bonds. The summed E-state index contributed by atoms with van der Waals surface area (Å²) in [5, 5.41) is 0. The molecule has 0 atom stereocenters. The van der Waals surface area contributed by atoms with Crippen LogP contribution in [0.25, 0.3) is 0 Å². The summed E-state index contributed by atoms with van der Waals surface area (Å²) in [4.78, 5) is 32.5. The maximum absolute atomic E-state index is 10.8. The quantitative estimate of drug-likeness (QED) is 0.508. The van der Waals surface area contributed by atoms with Gasteiger partial charge in [0, 0.05) is 0 Å². The average Bonchev–Trinajstić information content (AvgIpc) is 2.28. The molecule has 0 aliphatic rings. The number of hydrogen-bond donors (Lipinski definition) is 0.